The second-order valence-electron chi connectivity index (χ2n) is 5.25. The number of aromatic nitrogens is 2. The molecule has 1 saturated carbocycles. The highest BCUT2D eigenvalue weighted by Crippen LogP contribution is 2.26. The lowest BCUT2D eigenvalue weighted by Gasteiger charge is -2.20. The summed E-state index contributed by atoms with van der Waals surface area (Å²) in [5, 5.41) is 9.15. The van der Waals surface area contributed by atoms with E-state index in [2.05, 4.69) is 27.4 Å². The smallest absolute Gasteiger partial charge is 0.178 e. The number of H-pyrrole nitrogens is 1. The van der Waals surface area contributed by atoms with E-state index in [9.17, 15) is 0 Å². The van der Waals surface area contributed by atoms with Crippen molar-refractivity contribution in [1.29, 1.82) is 5.26 Å². The predicted octanol–water partition coefficient (Wildman–Crippen LogP) is 3.05. The third-order valence-corrected chi connectivity index (χ3v) is 4.33. The Morgan fingerprint density at radius 1 is 1.50 bits per heavy atom. The van der Waals surface area contributed by atoms with Crippen molar-refractivity contribution in [2.24, 2.45) is 0 Å². The maximum Gasteiger partial charge on any atom is 0.178 e. The number of nitriles is 1. The average molecular weight is 286 g/mol. The zero-order valence-electron chi connectivity index (χ0n) is 11.6. The van der Waals surface area contributed by atoms with Gasteiger partial charge < -0.3 is 9.55 Å². The summed E-state index contributed by atoms with van der Waals surface area (Å²) in [6, 6.07) is 8.74. The Hall–Kier alpha value is -1.64. The molecule has 1 N–H and O–H groups in total. The Morgan fingerprint density at radius 3 is 2.95 bits per heavy atom. The summed E-state index contributed by atoms with van der Waals surface area (Å²) in [5.74, 6) is 0. The van der Waals surface area contributed by atoms with Crippen LogP contribution in [0.1, 0.15) is 25.3 Å². The molecule has 1 aliphatic rings. The second-order valence-corrected chi connectivity index (χ2v) is 5.64. The summed E-state index contributed by atoms with van der Waals surface area (Å²) < 4.78 is 2.81. The average Bonchev–Trinajstić information content (AvgIpc) is 3.24. The third-order valence-electron chi connectivity index (χ3n) is 4.01. The van der Waals surface area contributed by atoms with E-state index in [-0.39, 0.29) is 0 Å². The summed E-state index contributed by atoms with van der Waals surface area (Å²) in [5.41, 5.74) is 2.54. The van der Waals surface area contributed by atoms with Crippen LogP contribution in [0.2, 0.25) is 0 Å². The van der Waals surface area contributed by atoms with Crippen molar-refractivity contribution in [3.05, 3.63) is 28.5 Å². The van der Waals surface area contributed by atoms with Crippen LogP contribution in [0, 0.1) is 16.1 Å². The number of hydrogen-bond acceptors (Lipinski definition) is 3. The first-order valence-corrected chi connectivity index (χ1v) is 7.51. The van der Waals surface area contributed by atoms with Gasteiger partial charge in [0.15, 0.2) is 4.77 Å². The number of rotatable bonds is 5. The first kappa shape index (κ1) is 13.3. The molecule has 0 bridgehead atoms. The molecule has 0 saturated heterocycles. The van der Waals surface area contributed by atoms with Gasteiger partial charge in [0.25, 0.3) is 0 Å². The molecule has 104 valence electrons. The van der Waals surface area contributed by atoms with Crippen LogP contribution in [0.15, 0.2) is 18.2 Å². The summed E-state index contributed by atoms with van der Waals surface area (Å²) in [4.78, 5) is 5.68. The minimum absolute atomic E-state index is 0.655. The fourth-order valence-corrected chi connectivity index (χ4v) is 3.05. The van der Waals surface area contributed by atoms with Crippen LogP contribution in [0.4, 0.5) is 0 Å². The van der Waals surface area contributed by atoms with Crippen molar-refractivity contribution in [3.8, 4) is 6.07 Å². The summed E-state index contributed by atoms with van der Waals surface area (Å²) in [7, 11) is 0. The summed E-state index contributed by atoms with van der Waals surface area (Å²) >= 11 is 5.41. The number of likely N-dealkylation sites (N-methyl/N-ethyl adjacent to an activating group) is 1. The van der Waals surface area contributed by atoms with Crippen LogP contribution in [0.3, 0.4) is 0 Å². The van der Waals surface area contributed by atoms with Gasteiger partial charge in [-0.25, -0.2) is 0 Å². The van der Waals surface area contributed by atoms with E-state index in [0.29, 0.717) is 10.3 Å². The molecule has 0 unspecified atom stereocenters. The molecule has 1 heterocycles. The van der Waals surface area contributed by atoms with Crippen LogP contribution in [0.5, 0.6) is 0 Å². The third kappa shape index (κ3) is 2.37. The monoisotopic (exact) mass is 286 g/mol. The van der Waals surface area contributed by atoms with Gasteiger partial charge in [0.05, 0.1) is 16.6 Å². The maximum absolute atomic E-state index is 9.15. The van der Waals surface area contributed by atoms with Crippen LogP contribution in [0.25, 0.3) is 11.0 Å². The highest BCUT2D eigenvalue weighted by Gasteiger charge is 2.27. The van der Waals surface area contributed by atoms with E-state index >= 15 is 0 Å². The van der Waals surface area contributed by atoms with E-state index in [4.69, 9.17) is 17.5 Å². The van der Waals surface area contributed by atoms with Crippen molar-refractivity contribution in [1.82, 2.24) is 14.5 Å². The number of benzene rings is 1. The van der Waals surface area contributed by atoms with Gasteiger partial charge in [-0.3, -0.25) is 4.90 Å². The van der Waals surface area contributed by atoms with E-state index in [1.54, 1.807) is 0 Å². The highest BCUT2D eigenvalue weighted by atomic mass is 32.1. The lowest BCUT2D eigenvalue weighted by Crippen LogP contribution is -2.29. The Morgan fingerprint density at radius 2 is 2.30 bits per heavy atom. The molecule has 2 aromatic rings. The molecule has 5 heteroatoms. The number of imidazole rings is 1. The Kier molecular flexibility index (Phi) is 3.60. The van der Waals surface area contributed by atoms with Gasteiger partial charge in [-0.15, -0.1) is 0 Å². The van der Waals surface area contributed by atoms with Crippen molar-refractivity contribution in [2.45, 2.75) is 32.4 Å². The van der Waals surface area contributed by atoms with Gasteiger partial charge in [0.2, 0.25) is 0 Å². The number of nitrogens with one attached hydrogen (secondary N) is 1. The molecular formula is C15H18N4S. The molecule has 0 amide bonds. The van der Waals surface area contributed by atoms with Gasteiger partial charge in [-0.1, -0.05) is 13.0 Å². The van der Waals surface area contributed by atoms with Gasteiger partial charge >= 0.3 is 0 Å². The maximum atomic E-state index is 9.15. The molecule has 0 atom stereocenters. The Labute approximate surface area is 123 Å². The molecule has 0 radical (unpaired) electrons. The zero-order valence-corrected chi connectivity index (χ0v) is 12.4. The fourth-order valence-electron chi connectivity index (χ4n) is 2.76. The first-order valence-electron chi connectivity index (χ1n) is 7.10. The molecule has 3 rings (SSSR count). The Balaban J connectivity index is 1.89. The largest absolute Gasteiger partial charge is 0.329 e. The van der Waals surface area contributed by atoms with Crippen LogP contribution < -0.4 is 0 Å². The van der Waals surface area contributed by atoms with Crippen molar-refractivity contribution in [2.75, 3.05) is 13.1 Å². The van der Waals surface area contributed by atoms with Gasteiger partial charge in [-0.05, 0) is 43.7 Å². The summed E-state index contributed by atoms with van der Waals surface area (Å²) in [6.07, 6.45) is 2.65. The fraction of sp³-hybridized carbons (Fsp3) is 0.467. The number of aromatic amines is 1. The first-order chi connectivity index (χ1) is 9.74. The molecule has 1 aromatic heterocycles. The van der Waals surface area contributed by atoms with Crippen LogP contribution in [-0.4, -0.2) is 33.6 Å². The van der Waals surface area contributed by atoms with Gasteiger partial charge in [-0.2, -0.15) is 5.26 Å². The minimum atomic E-state index is 0.655. The zero-order chi connectivity index (χ0) is 14.1. The Bertz CT molecular complexity index is 718. The molecular weight excluding hydrogens is 268 g/mol. The number of para-hydroxylation sites is 1. The van der Waals surface area contributed by atoms with Crippen molar-refractivity contribution >= 4 is 23.3 Å². The molecule has 0 spiro atoms. The van der Waals surface area contributed by atoms with E-state index < -0.39 is 0 Å². The molecule has 1 aliphatic carbocycles. The SMILES string of the molecule is CCN(CCn1c(=S)[nH]c2c(C#N)cccc21)C1CC1. The molecule has 1 fully saturated rings. The van der Waals surface area contributed by atoms with Gasteiger partial charge in [0.1, 0.15) is 6.07 Å². The number of fused-ring (bicyclic) bond motifs is 1. The summed E-state index contributed by atoms with van der Waals surface area (Å²) in [6.45, 7) is 5.18. The normalized spacial score (nSPS) is 14.8. The topological polar surface area (TPSA) is 47.8 Å². The van der Waals surface area contributed by atoms with Gasteiger partial charge in [0, 0.05) is 19.1 Å². The molecule has 1 aromatic carbocycles. The van der Waals surface area contributed by atoms with E-state index in [1.165, 1.54) is 12.8 Å². The molecule has 4 nitrogen and oxygen atoms in total. The molecule has 20 heavy (non-hydrogen) atoms. The number of nitrogens with zero attached hydrogens (tertiary/aromatic N) is 3. The highest BCUT2D eigenvalue weighted by molar-refractivity contribution is 7.71. The minimum Gasteiger partial charge on any atom is -0.329 e. The van der Waals surface area contributed by atoms with E-state index in [1.807, 2.05) is 18.2 Å². The molecule has 0 aliphatic heterocycles. The number of hydrogen-bond donors (Lipinski definition) is 1. The van der Waals surface area contributed by atoms with Crippen LogP contribution >= 0.6 is 12.2 Å². The van der Waals surface area contributed by atoms with Crippen molar-refractivity contribution in [3.63, 3.8) is 0 Å². The standard InChI is InChI=1S/C15H18N4S/c1-2-18(12-6-7-12)8-9-19-13-5-3-4-11(10-16)14(13)17-15(19)20/h3-5,12H,2,6-9H2,1H3,(H,17,20). The lowest BCUT2D eigenvalue weighted by atomic mass is 10.2. The van der Waals surface area contributed by atoms with E-state index in [0.717, 1.165) is 36.7 Å². The lowest BCUT2D eigenvalue weighted by molar-refractivity contribution is 0.267. The van der Waals surface area contributed by atoms with Crippen molar-refractivity contribution < 1.29 is 0 Å². The quantitative estimate of drug-likeness (QED) is 0.859. The second kappa shape index (κ2) is 5.39. The van der Waals surface area contributed by atoms with Crippen LogP contribution in [-0.2, 0) is 6.54 Å². The predicted molar refractivity (Wildman–Crippen MR) is 82.1 cm³/mol.